The van der Waals surface area contributed by atoms with Crippen LogP contribution < -0.4 is 5.73 Å². The summed E-state index contributed by atoms with van der Waals surface area (Å²) in [4.78, 5) is 6.54. The zero-order valence-electron chi connectivity index (χ0n) is 10.3. The molecule has 4 nitrogen and oxygen atoms in total. The van der Waals surface area contributed by atoms with Crippen LogP contribution in [0.15, 0.2) is 18.3 Å². The lowest BCUT2D eigenvalue weighted by Crippen LogP contribution is -2.30. The molecule has 1 aromatic heterocycles. The fraction of sp³-hybridized carbons (Fsp3) is 0.538. The first kappa shape index (κ1) is 12.0. The van der Waals surface area contributed by atoms with Crippen molar-refractivity contribution in [3.05, 3.63) is 29.6 Å². The van der Waals surface area contributed by atoms with Crippen molar-refractivity contribution in [2.75, 3.05) is 7.05 Å². The Morgan fingerprint density at radius 1 is 1.53 bits per heavy atom. The quantitative estimate of drug-likeness (QED) is 0.614. The molecule has 92 valence electrons. The molecule has 1 aliphatic carbocycles. The van der Waals surface area contributed by atoms with Crippen LogP contribution in [0, 0.1) is 5.41 Å². The summed E-state index contributed by atoms with van der Waals surface area (Å²) < 4.78 is 0. The van der Waals surface area contributed by atoms with E-state index in [1.54, 1.807) is 6.20 Å². The lowest BCUT2D eigenvalue weighted by Gasteiger charge is -2.24. The van der Waals surface area contributed by atoms with Crippen molar-refractivity contribution >= 4 is 5.84 Å². The Labute approximate surface area is 102 Å². The lowest BCUT2D eigenvalue weighted by atomic mass is 10.1. The van der Waals surface area contributed by atoms with Gasteiger partial charge in [0.05, 0.1) is 0 Å². The molecule has 1 saturated carbocycles. The highest BCUT2D eigenvalue weighted by atomic mass is 15.1. The molecule has 1 aliphatic rings. The summed E-state index contributed by atoms with van der Waals surface area (Å²) in [6.45, 7) is 0.827. The number of hydrogen-bond acceptors (Lipinski definition) is 3. The zero-order valence-corrected chi connectivity index (χ0v) is 10.3. The van der Waals surface area contributed by atoms with E-state index in [1.165, 1.54) is 25.7 Å². The number of nitrogens with zero attached hydrogens (tertiary/aromatic N) is 2. The van der Waals surface area contributed by atoms with Crippen LogP contribution in [-0.2, 0) is 6.54 Å². The highest BCUT2D eigenvalue weighted by molar-refractivity contribution is 5.94. The minimum Gasteiger partial charge on any atom is -0.382 e. The van der Waals surface area contributed by atoms with Crippen LogP contribution in [0.25, 0.3) is 0 Å². The Hall–Kier alpha value is -1.42. The van der Waals surface area contributed by atoms with Gasteiger partial charge < -0.3 is 5.73 Å². The van der Waals surface area contributed by atoms with Crippen molar-refractivity contribution in [1.82, 2.24) is 9.88 Å². The Kier molecular flexibility index (Phi) is 3.74. The zero-order chi connectivity index (χ0) is 12.3. The third-order valence-electron chi connectivity index (χ3n) is 3.51. The maximum absolute atomic E-state index is 7.53. The van der Waals surface area contributed by atoms with Gasteiger partial charge >= 0.3 is 0 Å². The number of nitrogens with two attached hydrogens (primary N) is 1. The summed E-state index contributed by atoms with van der Waals surface area (Å²) in [5, 5.41) is 7.53. The molecule has 2 rings (SSSR count). The normalized spacial score (nSPS) is 16.6. The van der Waals surface area contributed by atoms with E-state index in [1.807, 2.05) is 12.1 Å². The molecule has 1 heterocycles. The predicted molar refractivity (Wildman–Crippen MR) is 69.0 cm³/mol. The van der Waals surface area contributed by atoms with Gasteiger partial charge in [-0.15, -0.1) is 0 Å². The van der Waals surface area contributed by atoms with Gasteiger partial charge in [0.1, 0.15) is 11.5 Å². The van der Waals surface area contributed by atoms with Crippen molar-refractivity contribution in [2.24, 2.45) is 5.73 Å². The molecular formula is C13H20N4. The number of amidine groups is 1. The molecule has 0 saturated heterocycles. The Balaban J connectivity index is 2.09. The van der Waals surface area contributed by atoms with Crippen LogP contribution in [0.2, 0.25) is 0 Å². The molecule has 0 atom stereocenters. The molecule has 1 fully saturated rings. The minimum atomic E-state index is 0.0559. The third kappa shape index (κ3) is 2.82. The molecule has 17 heavy (non-hydrogen) atoms. The van der Waals surface area contributed by atoms with E-state index in [4.69, 9.17) is 11.1 Å². The van der Waals surface area contributed by atoms with Crippen molar-refractivity contribution in [1.29, 1.82) is 5.41 Å². The number of nitrogen functional groups attached to an aromatic ring is 1. The smallest absolute Gasteiger partial charge is 0.142 e. The van der Waals surface area contributed by atoms with Gasteiger partial charge in [-0.1, -0.05) is 18.9 Å². The number of pyridine rings is 1. The Bertz CT molecular complexity index is 396. The predicted octanol–water partition coefficient (Wildman–Crippen LogP) is 1.74. The lowest BCUT2D eigenvalue weighted by molar-refractivity contribution is 0.237. The highest BCUT2D eigenvalue weighted by Gasteiger charge is 2.20. The summed E-state index contributed by atoms with van der Waals surface area (Å²) in [7, 11) is 2.15. The first-order valence-electron chi connectivity index (χ1n) is 6.17. The SMILES string of the molecule is CN(Cc1cccnc1C(=N)N)C1CCCC1. The van der Waals surface area contributed by atoms with E-state index < -0.39 is 0 Å². The van der Waals surface area contributed by atoms with E-state index in [-0.39, 0.29) is 5.84 Å². The van der Waals surface area contributed by atoms with Crippen LogP contribution >= 0.6 is 0 Å². The maximum atomic E-state index is 7.53. The van der Waals surface area contributed by atoms with E-state index >= 15 is 0 Å². The van der Waals surface area contributed by atoms with Crippen LogP contribution in [0.3, 0.4) is 0 Å². The van der Waals surface area contributed by atoms with Crippen molar-refractivity contribution < 1.29 is 0 Å². The average molecular weight is 232 g/mol. The molecule has 0 spiro atoms. The van der Waals surface area contributed by atoms with Gasteiger partial charge in [-0.3, -0.25) is 15.3 Å². The van der Waals surface area contributed by atoms with Gasteiger partial charge in [0, 0.05) is 18.8 Å². The molecular weight excluding hydrogens is 212 g/mol. The van der Waals surface area contributed by atoms with E-state index in [2.05, 4.69) is 16.9 Å². The molecule has 0 radical (unpaired) electrons. The van der Waals surface area contributed by atoms with Gasteiger partial charge in [-0.05, 0) is 31.5 Å². The van der Waals surface area contributed by atoms with E-state index in [0.717, 1.165) is 12.1 Å². The van der Waals surface area contributed by atoms with Gasteiger partial charge in [-0.25, -0.2) is 0 Å². The standard InChI is InChI=1S/C13H20N4/c1-17(11-6-2-3-7-11)9-10-5-4-8-16-12(10)13(14)15/h4-5,8,11H,2-3,6-7,9H2,1H3,(H3,14,15). The molecule has 1 aromatic rings. The van der Waals surface area contributed by atoms with Crippen LogP contribution in [0.4, 0.5) is 0 Å². The van der Waals surface area contributed by atoms with Crippen LogP contribution in [-0.4, -0.2) is 28.8 Å². The first-order valence-corrected chi connectivity index (χ1v) is 6.17. The van der Waals surface area contributed by atoms with Crippen molar-refractivity contribution in [3.63, 3.8) is 0 Å². The average Bonchev–Trinajstić information content (AvgIpc) is 2.83. The van der Waals surface area contributed by atoms with Crippen LogP contribution in [0.5, 0.6) is 0 Å². The molecule has 0 aliphatic heterocycles. The summed E-state index contributed by atoms with van der Waals surface area (Å²) in [6.07, 6.45) is 6.93. The molecule has 3 N–H and O–H groups in total. The largest absolute Gasteiger partial charge is 0.382 e. The first-order chi connectivity index (χ1) is 8.18. The molecule has 0 amide bonds. The number of aromatic nitrogens is 1. The topological polar surface area (TPSA) is 66.0 Å². The van der Waals surface area contributed by atoms with E-state index in [0.29, 0.717) is 11.7 Å². The maximum Gasteiger partial charge on any atom is 0.142 e. The number of nitrogens with one attached hydrogen (secondary N) is 1. The Morgan fingerprint density at radius 3 is 2.88 bits per heavy atom. The van der Waals surface area contributed by atoms with E-state index in [9.17, 15) is 0 Å². The second-order valence-corrected chi connectivity index (χ2v) is 4.78. The van der Waals surface area contributed by atoms with Crippen LogP contribution in [0.1, 0.15) is 36.9 Å². The number of rotatable bonds is 4. The molecule has 0 bridgehead atoms. The molecule has 4 heteroatoms. The summed E-state index contributed by atoms with van der Waals surface area (Å²) in [5.41, 5.74) is 7.22. The fourth-order valence-electron chi connectivity index (χ4n) is 2.55. The minimum absolute atomic E-state index is 0.0559. The van der Waals surface area contributed by atoms with Crippen molar-refractivity contribution in [3.8, 4) is 0 Å². The Morgan fingerprint density at radius 2 is 2.24 bits per heavy atom. The van der Waals surface area contributed by atoms with Gasteiger partial charge in [0.15, 0.2) is 0 Å². The summed E-state index contributed by atoms with van der Waals surface area (Å²) >= 11 is 0. The molecule has 0 unspecified atom stereocenters. The second-order valence-electron chi connectivity index (χ2n) is 4.78. The number of hydrogen-bond donors (Lipinski definition) is 2. The third-order valence-corrected chi connectivity index (χ3v) is 3.51. The second kappa shape index (κ2) is 5.27. The fourth-order valence-corrected chi connectivity index (χ4v) is 2.55. The molecule has 0 aromatic carbocycles. The summed E-state index contributed by atoms with van der Waals surface area (Å²) in [5.74, 6) is 0.0559. The monoisotopic (exact) mass is 232 g/mol. The summed E-state index contributed by atoms with van der Waals surface area (Å²) in [6, 6.07) is 4.59. The van der Waals surface area contributed by atoms with Gasteiger partial charge in [0.2, 0.25) is 0 Å². The van der Waals surface area contributed by atoms with Crippen molar-refractivity contribution in [2.45, 2.75) is 38.3 Å². The van der Waals surface area contributed by atoms with Gasteiger partial charge in [-0.2, -0.15) is 0 Å². The van der Waals surface area contributed by atoms with Gasteiger partial charge in [0.25, 0.3) is 0 Å². The highest BCUT2D eigenvalue weighted by Crippen LogP contribution is 2.23.